The van der Waals surface area contributed by atoms with Gasteiger partial charge in [0.05, 0.1) is 6.61 Å². The van der Waals surface area contributed by atoms with Crippen molar-refractivity contribution in [1.29, 1.82) is 0 Å². The van der Waals surface area contributed by atoms with E-state index >= 15 is 0 Å². The van der Waals surface area contributed by atoms with Crippen LogP contribution in [0.25, 0.3) is 0 Å². The van der Waals surface area contributed by atoms with Crippen molar-refractivity contribution in [2.24, 2.45) is 5.92 Å². The van der Waals surface area contributed by atoms with Crippen LogP contribution in [-0.2, 0) is 0 Å². The molecule has 0 amide bonds. The standard InChI is InChI=1S/C16H22O2.C8H8O2/c1-13(17)15-7-9-16(10-8-15)18-12-11-14-5-3-2-4-6-14;1-6(9)7-2-4-8(10)5-3-7/h7-10,14H,2-6,11-12H2,1H3;2-5,10H,1H3. The number of Topliss-reactive ketones (excluding diaryl/α,β-unsaturated/α-hetero) is 2. The van der Waals surface area contributed by atoms with Gasteiger partial charge in [0.15, 0.2) is 11.6 Å². The van der Waals surface area contributed by atoms with Crippen molar-refractivity contribution in [3.05, 3.63) is 59.7 Å². The minimum Gasteiger partial charge on any atom is -0.508 e. The van der Waals surface area contributed by atoms with Crippen molar-refractivity contribution >= 4 is 11.6 Å². The van der Waals surface area contributed by atoms with Gasteiger partial charge in [-0.2, -0.15) is 0 Å². The molecule has 1 aliphatic rings. The van der Waals surface area contributed by atoms with Crippen molar-refractivity contribution in [2.75, 3.05) is 6.61 Å². The lowest BCUT2D eigenvalue weighted by Crippen LogP contribution is -2.10. The monoisotopic (exact) mass is 382 g/mol. The molecule has 4 nitrogen and oxygen atoms in total. The predicted molar refractivity (Wildman–Crippen MR) is 111 cm³/mol. The third-order valence-corrected chi connectivity index (χ3v) is 5.05. The Kier molecular flexibility index (Phi) is 8.73. The van der Waals surface area contributed by atoms with Crippen LogP contribution in [0.2, 0.25) is 0 Å². The van der Waals surface area contributed by atoms with Gasteiger partial charge in [-0.25, -0.2) is 0 Å². The third-order valence-electron chi connectivity index (χ3n) is 5.05. The number of ether oxygens (including phenoxy) is 1. The fourth-order valence-electron chi connectivity index (χ4n) is 3.30. The van der Waals surface area contributed by atoms with E-state index in [0.717, 1.165) is 30.3 Å². The molecule has 4 heteroatoms. The molecule has 0 spiro atoms. The molecule has 0 saturated heterocycles. The number of aromatic hydroxyl groups is 1. The first-order valence-electron chi connectivity index (χ1n) is 9.99. The van der Waals surface area contributed by atoms with Crippen LogP contribution >= 0.6 is 0 Å². The van der Waals surface area contributed by atoms with E-state index in [0.29, 0.717) is 5.56 Å². The molecule has 0 heterocycles. The first-order chi connectivity index (χ1) is 13.5. The molecule has 28 heavy (non-hydrogen) atoms. The SMILES string of the molecule is CC(=O)c1ccc(O)cc1.CC(=O)c1ccc(OCCC2CCCCC2)cc1. The normalized spacial score (nSPS) is 13.9. The van der Waals surface area contributed by atoms with Gasteiger partial charge in [0, 0.05) is 11.1 Å². The number of carbonyl (C=O) groups excluding carboxylic acids is 2. The van der Waals surface area contributed by atoms with Crippen molar-refractivity contribution in [3.8, 4) is 11.5 Å². The van der Waals surface area contributed by atoms with Gasteiger partial charge in [-0.15, -0.1) is 0 Å². The Labute approximate surface area is 167 Å². The summed E-state index contributed by atoms with van der Waals surface area (Å²) in [4.78, 5) is 21.8. The van der Waals surface area contributed by atoms with E-state index in [1.54, 1.807) is 19.1 Å². The molecule has 2 aromatic carbocycles. The van der Waals surface area contributed by atoms with E-state index in [9.17, 15) is 9.59 Å². The number of rotatable bonds is 6. The molecule has 0 bridgehead atoms. The van der Waals surface area contributed by atoms with Crippen molar-refractivity contribution < 1.29 is 19.4 Å². The third kappa shape index (κ3) is 7.55. The summed E-state index contributed by atoms with van der Waals surface area (Å²) in [7, 11) is 0. The maximum atomic E-state index is 11.1. The van der Waals surface area contributed by atoms with Gasteiger partial charge in [-0.05, 0) is 74.7 Å². The Morgan fingerprint density at radius 3 is 1.86 bits per heavy atom. The summed E-state index contributed by atoms with van der Waals surface area (Å²) in [6.07, 6.45) is 8.08. The molecule has 0 aromatic heterocycles. The zero-order chi connectivity index (χ0) is 20.4. The number of ketones is 2. The lowest BCUT2D eigenvalue weighted by Gasteiger charge is -2.21. The van der Waals surface area contributed by atoms with E-state index in [2.05, 4.69) is 0 Å². The Morgan fingerprint density at radius 1 is 0.857 bits per heavy atom. The minimum atomic E-state index is 0.0139. The molecule has 1 fully saturated rings. The van der Waals surface area contributed by atoms with Gasteiger partial charge >= 0.3 is 0 Å². The predicted octanol–water partition coefficient (Wildman–Crippen LogP) is 5.83. The summed E-state index contributed by atoms with van der Waals surface area (Å²) < 4.78 is 5.73. The molecule has 0 unspecified atom stereocenters. The molecule has 2 aromatic rings. The topological polar surface area (TPSA) is 63.6 Å². The van der Waals surface area contributed by atoms with Gasteiger partial charge < -0.3 is 9.84 Å². The maximum Gasteiger partial charge on any atom is 0.159 e. The van der Waals surface area contributed by atoms with E-state index in [1.807, 2.05) is 24.3 Å². The fraction of sp³-hybridized carbons (Fsp3) is 0.417. The summed E-state index contributed by atoms with van der Waals surface area (Å²) in [5.74, 6) is 2.03. The molecule has 0 aliphatic heterocycles. The summed E-state index contributed by atoms with van der Waals surface area (Å²) in [6, 6.07) is 13.6. The second kappa shape index (κ2) is 11.3. The van der Waals surface area contributed by atoms with Gasteiger partial charge in [-0.3, -0.25) is 9.59 Å². The molecule has 0 radical (unpaired) electrons. The quantitative estimate of drug-likeness (QED) is 0.638. The Morgan fingerprint density at radius 2 is 1.36 bits per heavy atom. The number of phenolic OH excluding ortho intramolecular Hbond substituents is 1. The highest BCUT2D eigenvalue weighted by molar-refractivity contribution is 5.94. The lowest BCUT2D eigenvalue weighted by atomic mass is 9.87. The summed E-state index contributed by atoms with van der Waals surface area (Å²) in [6.45, 7) is 3.87. The van der Waals surface area contributed by atoms with E-state index < -0.39 is 0 Å². The van der Waals surface area contributed by atoms with Crippen LogP contribution in [0.15, 0.2) is 48.5 Å². The average Bonchev–Trinajstić information content (AvgIpc) is 2.70. The molecule has 1 N–H and O–H groups in total. The van der Waals surface area contributed by atoms with Crippen LogP contribution in [0.3, 0.4) is 0 Å². The maximum absolute atomic E-state index is 11.1. The van der Waals surface area contributed by atoms with Gasteiger partial charge in [0.25, 0.3) is 0 Å². The van der Waals surface area contributed by atoms with Crippen molar-refractivity contribution in [1.82, 2.24) is 0 Å². The molecule has 1 aliphatic carbocycles. The summed E-state index contributed by atoms with van der Waals surface area (Å²) >= 11 is 0. The van der Waals surface area contributed by atoms with Crippen LogP contribution in [-0.4, -0.2) is 23.3 Å². The molecular formula is C24H30O4. The lowest BCUT2D eigenvalue weighted by molar-refractivity contribution is 0.100. The fourth-order valence-corrected chi connectivity index (χ4v) is 3.30. The zero-order valence-corrected chi connectivity index (χ0v) is 16.8. The highest BCUT2D eigenvalue weighted by atomic mass is 16.5. The molecule has 150 valence electrons. The van der Waals surface area contributed by atoms with Gasteiger partial charge in [-0.1, -0.05) is 32.1 Å². The van der Waals surface area contributed by atoms with Gasteiger partial charge in [0.2, 0.25) is 0 Å². The average molecular weight is 383 g/mol. The van der Waals surface area contributed by atoms with Crippen LogP contribution < -0.4 is 4.74 Å². The Balaban J connectivity index is 0.000000237. The van der Waals surface area contributed by atoms with E-state index in [1.165, 1.54) is 51.2 Å². The molecule has 0 atom stereocenters. The zero-order valence-electron chi connectivity index (χ0n) is 16.8. The smallest absolute Gasteiger partial charge is 0.159 e. The van der Waals surface area contributed by atoms with Crippen LogP contribution in [0.5, 0.6) is 11.5 Å². The summed E-state index contributed by atoms with van der Waals surface area (Å²) in [5, 5.41) is 8.83. The van der Waals surface area contributed by atoms with Gasteiger partial charge in [0.1, 0.15) is 11.5 Å². The number of benzene rings is 2. The van der Waals surface area contributed by atoms with Crippen LogP contribution in [0, 0.1) is 5.92 Å². The van der Waals surface area contributed by atoms with Crippen LogP contribution in [0.1, 0.15) is 73.1 Å². The second-order valence-electron chi connectivity index (χ2n) is 7.32. The number of phenols is 1. The Hall–Kier alpha value is -2.62. The van der Waals surface area contributed by atoms with Crippen molar-refractivity contribution in [2.45, 2.75) is 52.4 Å². The van der Waals surface area contributed by atoms with E-state index in [-0.39, 0.29) is 17.3 Å². The number of carbonyl (C=O) groups is 2. The Bertz CT molecular complexity index is 741. The largest absolute Gasteiger partial charge is 0.508 e. The highest BCUT2D eigenvalue weighted by Gasteiger charge is 2.13. The minimum absolute atomic E-state index is 0.0139. The first kappa shape index (κ1) is 21.7. The first-order valence-corrected chi connectivity index (χ1v) is 9.99. The van der Waals surface area contributed by atoms with Crippen LogP contribution in [0.4, 0.5) is 0 Å². The van der Waals surface area contributed by atoms with E-state index in [4.69, 9.17) is 9.84 Å². The second-order valence-corrected chi connectivity index (χ2v) is 7.32. The number of hydrogen-bond donors (Lipinski definition) is 1. The molecular weight excluding hydrogens is 352 g/mol. The molecule has 3 rings (SSSR count). The van der Waals surface area contributed by atoms with Crippen molar-refractivity contribution in [3.63, 3.8) is 0 Å². The molecule has 1 saturated carbocycles. The summed E-state index contributed by atoms with van der Waals surface area (Å²) in [5.41, 5.74) is 1.37. The number of hydrogen-bond acceptors (Lipinski definition) is 4. The highest BCUT2D eigenvalue weighted by Crippen LogP contribution is 2.26.